The molecule has 12 heavy (non-hydrogen) atoms. The molecule has 0 unspecified atom stereocenters. The van der Waals surface area contributed by atoms with Crippen LogP contribution in [-0.4, -0.2) is 17.0 Å². The van der Waals surface area contributed by atoms with E-state index >= 15 is 0 Å². The average molecular weight is 184 g/mol. The van der Waals surface area contributed by atoms with E-state index in [0.29, 0.717) is 6.42 Å². The van der Waals surface area contributed by atoms with Crippen LogP contribution in [0.25, 0.3) is 0 Å². The highest BCUT2D eigenvalue weighted by Gasteiger charge is 2.05. The van der Waals surface area contributed by atoms with Gasteiger partial charge < -0.3 is 5.11 Å². The quantitative estimate of drug-likeness (QED) is 0.728. The molecule has 1 heterocycles. The summed E-state index contributed by atoms with van der Waals surface area (Å²) in [4.78, 5) is 12.7. The first kappa shape index (κ1) is 9.42. The zero-order valence-electron chi connectivity index (χ0n) is 7.20. The largest absolute Gasteiger partial charge is 0.393 e. The van der Waals surface area contributed by atoms with E-state index in [1.807, 2.05) is 12.1 Å². The number of thiophene rings is 1. The van der Waals surface area contributed by atoms with Gasteiger partial charge in [0.05, 0.1) is 11.0 Å². The number of ketones is 1. The van der Waals surface area contributed by atoms with Crippen LogP contribution in [0.3, 0.4) is 0 Å². The van der Waals surface area contributed by atoms with Crippen molar-refractivity contribution >= 4 is 17.1 Å². The van der Waals surface area contributed by atoms with Crippen molar-refractivity contribution in [1.82, 2.24) is 0 Å². The molecule has 0 saturated heterocycles. The van der Waals surface area contributed by atoms with Crippen LogP contribution in [0.1, 0.15) is 28.4 Å². The second kappa shape index (κ2) is 3.83. The highest BCUT2D eigenvalue weighted by molar-refractivity contribution is 7.14. The van der Waals surface area contributed by atoms with Gasteiger partial charge in [0.1, 0.15) is 0 Å². The van der Waals surface area contributed by atoms with E-state index in [-0.39, 0.29) is 11.9 Å². The highest BCUT2D eigenvalue weighted by Crippen LogP contribution is 2.18. The van der Waals surface area contributed by atoms with Crippen molar-refractivity contribution in [2.24, 2.45) is 0 Å². The Labute approximate surface area is 75.9 Å². The van der Waals surface area contributed by atoms with Gasteiger partial charge in [-0.1, -0.05) is 0 Å². The van der Waals surface area contributed by atoms with Crippen molar-refractivity contribution in [2.45, 2.75) is 26.4 Å². The number of hydrogen-bond donors (Lipinski definition) is 1. The summed E-state index contributed by atoms with van der Waals surface area (Å²) in [5.41, 5.74) is 0. The predicted molar refractivity (Wildman–Crippen MR) is 49.7 cm³/mol. The van der Waals surface area contributed by atoms with Crippen LogP contribution >= 0.6 is 11.3 Å². The maximum absolute atomic E-state index is 10.9. The van der Waals surface area contributed by atoms with Crippen molar-refractivity contribution in [2.75, 3.05) is 0 Å². The first-order valence-corrected chi connectivity index (χ1v) is 4.69. The second-order valence-corrected chi connectivity index (χ2v) is 4.04. The normalized spacial score (nSPS) is 12.9. The summed E-state index contributed by atoms with van der Waals surface area (Å²) in [6, 6.07) is 3.71. The minimum Gasteiger partial charge on any atom is -0.393 e. The molecular weight excluding hydrogens is 172 g/mol. The average Bonchev–Trinajstić information content (AvgIpc) is 2.34. The van der Waals surface area contributed by atoms with E-state index < -0.39 is 0 Å². The minimum absolute atomic E-state index is 0.0943. The molecule has 1 N–H and O–H groups in total. The van der Waals surface area contributed by atoms with Crippen LogP contribution in [0.4, 0.5) is 0 Å². The summed E-state index contributed by atoms with van der Waals surface area (Å²) in [5.74, 6) is 0.0943. The summed E-state index contributed by atoms with van der Waals surface area (Å²) in [7, 11) is 0. The highest BCUT2D eigenvalue weighted by atomic mass is 32.1. The van der Waals surface area contributed by atoms with Gasteiger partial charge in [-0.3, -0.25) is 4.79 Å². The Hall–Kier alpha value is -0.670. The van der Waals surface area contributed by atoms with Crippen LogP contribution in [0.2, 0.25) is 0 Å². The molecule has 0 spiro atoms. The van der Waals surface area contributed by atoms with Crippen molar-refractivity contribution < 1.29 is 9.90 Å². The van der Waals surface area contributed by atoms with Gasteiger partial charge in [0.2, 0.25) is 0 Å². The third kappa shape index (κ3) is 2.43. The number of aliphatic hydroxyl groups excluding tert-OH is 1. The van der Waals surface area contributed by atoms with Crippen LogP contribution in [0.5, 0.6) is 0 Å². The van der Waals surface area contributed by atoms with Gasteiger partial charge in [0, 0.05) is 11.3 Å². The Kier molecular flexibility index (Phi) is 3.00. The molecule has 1 aromatic rings. The van der Waals surface area contributed by atoms with E-state index in [4.69, 9.17) is 5.11 Å². The van der Waals surface area contributed by atoms with E-state index in [2.05, 4.69) is 0 Å². The Morgan fingerprint density at radius 3 is 2.75 bits per heavy atom. The first-order chi connectivity index (χ1) is 5.59. The molecular formula is C9H12O2S. The number of rotatable bonds is 3. The summed E-state index contributed by atoms with van der Waals surface area (Å²) in [5, 5.41) is 9.08. The first-order valence-electron chi connectivity index (χ1n) is 3.87. The van der Waals surface area contributed by atoms with Crippen LogP contribution < -0.4 is 0 Å². The number of hydrogen-bond acceptors (Lipinski definition) is 3. The van der Waals surface area contributed by atoms with E-state index in [1.165, 1.54) is 11.3 Å². The molecule has 0 aromatic carbocycles. The molecule has 1 atom stereocenters. The standard InChI is InChI=1S/C9H12O2S/c1-6(10)5-8-3-4-9(12-8)7(2)11/h3-4,6,10H,5H2,1-2H3/t6-/m1/s1. The molecule has 0 amide bonds. The smallest absolute Gasteiger partial charge is 0.169 e. The molecule has 1 rings (SSSR count). The second-order valence-electron chi connectivity index (χ2n) is 2.88. The molecule has 1 aromatic heterocycles. The lowest BCUT2D eigenvalue weighted by Crippen LogP contribution is -2.01. The molecule has 0 aliphatic heterocycles. The monoisotopic (exact) mass is 184 g/mol. The lowest BCUT2D eigenvalue weighted by atomic mass is 10.2. The molecule has 0 saturated carbocycles. The summed E-state index contributed by atoms with van der Waals surface area (Å²) in [6.07, 6.45) is 0.307. The van der Waals surface area contributed by atoms with Gasteiger partial charge >= 0.3 is 0 Å². The summed E-state index contributed by atoms with van der Waals surface area (Å²) >= 11 is 1.46. The van der Waals surface area contributed by atoms with Crippen molar-refractivity contribution in [1.29, 1.82) is 0 Å². The van der Waals surface area contributed by atoms with E-state index in [0.717, 1.165) is 9.75 Å². The van der Waals surface area contributed by atoms with Crippen LogP contribution in [0, 0.1) is 0 Å². The fourth-order valence-corrected chi connectivity index (χ4v) is 1.99. The van der Waals surface area contributed by atoms with Gasteiger partial charge in [0.25, 0.3) is 0 Å². The topological polar surface area (TPSA) is 37.3 Å². The van der Waals surface area contributed by atoms with Gasteiger partial charge in [0.15, 0.2) is 5.78 Å². The lowest BCUT2D eigenvalue weighted by molar-refractivity contribution is 0.102. The van der Waals surface area contributed by atoms with Crippen LogP contribution in [-0.2, 0) is 6.42 Å². The Balaban J connectivity index is 2.71. The third-order valence-corrected chi connectivity index (χ3v) is 2.71. The van der Waals surface area contributed by atoms with Crippen LogP contribution in [0.15, 0.2) is 12.1 Å². The molecule has 0 bridgehead atoms. The predicted octanol–water partition coefficient (Wildman–Crippen LogP) is 1.87. The fraction of sp³-hybridized carbons (Fsp3) is 0.444. The van der Waals surface area contributed by atoms with Crippen molar-refractivity contribution in [3.63, 3.8) is 0 Å². The third-order valence-electron chi connectivity index (χ3n) is 1.51. The zero-order valence-corrected chi connectivity index (χ0v) is 8.02. The minimum atomic E-state index is -0.330. The maximum atomic E-state index is 10.9. The number of Topliss-reactive ketones (excluding diaryl/α,β-unsaturated/α-hetero) is 1. The number of aliphatic hydroxyl groups is 1. The Morgan fingerprint density at radius 2 is 2.33 bits per heavy atom. The number of carbonyl (C=O) groups excluding carboxylic acids is 1. The molecule has 0 radical (unpaired) electrons. The molecule has 0 aliphatic rings. The molecule has 0 fully saturated rings. The van der Waals surface area contributed by atoms with Crippen molar-refractivity contribution in [3.8, 4) is 0 Å². The molecule has 66 valence electrons. The zero-order chi connectivity index (χ0) is 9.14. The van der Waals surface area contributed by atoms with E-state index in [9.17, 15) is 4.79 Å². The summed E-state index contributed by atoms with van der Waals surface area (Å²) < 4.78 is 0. The summed E-state index contributed by atoms with van der Waals surface area (Å²) in [6.45, 7) is 3.30. The maximum Gasteiger partial charge on any atom is 0.169 e. The van der Waals surface area contributed by atoms with Gasteiger partial charge in [-0.2, -0.15) is 0 Å². The molecule has 2 nitrogen and oxygen atoms in total. The lowest BCUT2D eigenvalue weighted by Gasteiger charge is -1.98. The van der Waals surface area contributed by atoms with Crippen molar-refractivity contribution in [3.05, 3.63) is 21.9 Å². The Morgan fingerprint density at radius 1 is 1.67 bits per heavy atom. The van der Waals surface area contributed by atoms with Gasteiger partial charge in [-0.25, -0.2) is 0 Å². The van der Waals surface area contributed by atoms with Gasteiger partial charge in [-0.05, 0) is 26.0 Å². The fourth-order valence-electron chi connectivity index (χ4n) is 0.968. The Bertz CT molecular complexity index is 276. The SMILES string of the molecule is CC(=O)c1ccc(C[C@@H](C)O)s1. The van der Waals surface area contributed by atoms with Gasteiger partial charge in [-0.15, -0.1) is 11.3 Å². The van der Waals surface area contributed by atoms with E-state index in [1.54, 1.807) is 13.8 Å². The molecule has 0 aliphatic carbocycles. The number of carbonyl (C=O) groups is 1. The molecule has 3 heteroatoms.